The van der Waals surface area contributed by atoms with E-state index in [9.17, 15) is 9.59 Å². The lowest BCUT2D eigenvalue weighted by Crippen LogP contribution is -2.40. The molecular formula is C37H48N4O4. The lowest BCUT2D eigenvalue weighted by Gasteiger charge is -2.37. The van der Waals surface area contributed by atoms with Crippen molar-refractivity contribution >= 4 is 17.3 Å². The fraction of sp³-hybridized carbons (Fsp3) is 0.514. The maximum Gasteiger partial charge on any atom is 0.253 e. The van der Waals surface area contributed by atoms with Gasteiger partial charge in [-0.3, -0.25) is 9.59 Å². The number of pyridine rings is 1. The van der Waals surface area contributed by atoms with Crippen LogP contribution in [0.5, 0.6) is 0 Å². The number of likely N-dealkylation sites (N-methyl/N-ethyl adjacent to an activating group) is 1. The Balaban J connectivity index is 1.41. The third-order valence-corrected chi connectivity index (χ3v) is 10.4. The van der Waals surface area contributed by atoms with Crippen LogP contribution < -0.4 is 20.7 Å². The zero-order chi connectivity index (χ0) is 31.7. The molecule has 0 bridgehead atoms. The van der Waals surface area contributed by atoms with E-state index in [1.54, 1.807) is 0 Å². The minimum absolute atomic E-state index is 0.152. The Morgan fingerprint density at radius 2 is 1.73 bits per heavy atom. The Kier molecular flexibility index (Phi) is 9.07. The van der Waals surface area contributed by atoms with Gasteiger partial charge in [-0.05, 0) is 112 Å². The molecule has 0 atom stereocenters. The number of ether oxygens (including phenoxy) is 2. The third kappa shape index (κ3) is 6.02. The van der Waals surface area contributed by atoms with Crippen molar-refractivity contribution < 1.29 is 14.3 Å². The molecule has 0 unspecified atom stereocenters. The highest BCUT2D eigenvalue weighted by molar-refractivity contribution is 5.99. The average Bonchev–Trinajstić information content (AvgIpc) is 3.34. The maximum absolute atomic E-state index is 14.0. The summed E-state index contributed by atoms with van der Waals surface area (Å²) in [6, 6.07) is 13.5. The number of aromatic amines is 1. The summed E-state index contributed by atoms with van der Waals surface area (Å²) in [6.07, 6.45) is 4.03. The zero-order valence-electron chi connectivity index (χ0n) is 27.6. The molecule has 240 valence electrons. The number of fused-ring (bicyclic) bond motifs is 2. The molecule has 2 aromatic carbocycles. The van der Waals surface area contributed by atoms with Crippen molar-refractivity contribution in [2.45, 2.75) is 78.3 Å². The Hall–Kier alpha value is -3.62. The Labute approximate surface area is 267 Å². The molecule has 0 aliphatic carbocycles. The van der Waals surface area contributed by atoms with Gasteiger partial charge in [0.15, 0.2) is 0 Å². The van der Waals surface area contributed by atoms with Crippen molar-refractivity contribution in [3.05, 3.63) is 80.3 Å². The summed E-state index contributed by atoms with van der Waals surface area (Å²) >= 11 is 0. The molecule has 6 rings (SSSR count). The standard InChI is InChI=1S/C37H48N4O4/c1-6-40-23-37(12-16-45-17-13-37)32-9-8-27(20-34(32)40)28-19-30(35(42)38-22-31-24(3)18-25(4)39-36(31)43)26(5)33(21-28)41(7-2)29-10-14-44-15-11-29/h8-9,18-21,29H,6-7,10-17,22-23H2,1-5H3,(H,38,42)(H,39,43). The number of H-pyrrole nitrogens is 1. The quantitative estimate of drug-likeness (QED) is 0.335. The van der Waals surface area contributed by atoms with Gasteiger partial charge in [-0.15, -0.1) is 0 Å². The SMILES string of the molecule is CCN1CC2(CCOCC2)c2ccc(-c3cc(C(=O)NCc4c(C)cc(C)[nH]c4=O)c(C)c(N(CC)C4CCOCC4)c3)cc21. The summed E-state index contributed by atoms with van der Waals surface area (Å²) in [7, 11) is 0. The summed E-state index contributed by atoms with van der Waals surface area (Å²) in [5.41, 5.74) is 9.82. The molecule has 3 aromatic rings. The van der Waals surface area contributed by atoms with Crippen molar-refractivity contribution in [3.8, 4) is 11.1 Å². The number of hydrogen-bond donors (Lipinski definition) is 2. The molecule has 4 heterocycles. The molecule has 8 nitrogen and oxygen atoms in total. The summed E-state index contributed by atoms with van der Waals surface area (Å²) in [5.74, 6) is -0.171. The van der Waals surface area contributed by atoms with Gasteiger partial charge in [0.25, 0.3) is 11.5 Å². The van der Waals surface area contributed by atoms with Crippen LogP contribution in [0.1, 0.15) is 77.8 Å². The van der Waals surface area contributed by atoms with Crippen LogP contribution in [0.15, 0.2) is 41.2 Å². The molecule has 3 aliphatic heterocycles. The highest BCUT2D eigenvalue weighted by Crippen LogP contribution is 2.48. The fourth-order valence-corrected chi connectivity index (χ4v) is 7.82. The minimum atomic E-state index is -0.171. The number of nitrogens with one attached hydrogen (secondary N) is 2. The van der Waals surface area contributed by atoms with Crippen LogP contribution in [0.3, 0.4) is 0 Å². The molecular weight excluding hydrogens is 564 g/mol. The monoisotopic (exact) mass is 612 g/mol. The normalized spacial score (nSPS) is 17.8. The number of carbonyl (C=O) groups is 1. The van der Waals surface area contributed by atoms with Crippen molar-refractivity contribution in [2.24, 2.45) is 0 Å². The van der Waals surface area contributed by atoms with Gasteiger partial charge in [0.1, 0.15) is 0 Å². The van der Waals surface area contributed by atoms with Crippen LogP contribution in [-0.4, -0.2) is 63.0 Å². The van der Waals surface area contributed by atoms with Crippen LogP contribution in [0.4, 0.5) is 11.4 Å². The highest BCUT2D eigenvalue weighted by atomic mass is 16.5. The first-order valence-corrected chi connectivity index (χ1v) is 16.7. The second-order valence-electron chi connectivity index (χ2n) is 13.1. The molecule has 1 spiro atoms. The number of carbonyl (C=O) groups excluding carboxylic acids is 1. The number of aryl methyl sites for hydroxylation is 2. The predicted molar refractivity (Wildman–Crippen MR) is 181 cm³/mol. The van der Waals surface area contributed by atoms with Crippen molar-refractivity contribution in [1.29, 1.82) is 0 Å². The van der Waals surface area contributed by atoms with Crippen LogP contribution in [-0.2, 0) is 21.4 Å². The summed E-state index contributed by atoms with van der Waals surface area (Å²) < 4.78 is 11.4. The van der Waals surface area contributed by atoms with Gasteiger partial charge in [-0.1, -0.05) is 12.1 Å². The lowest BCUT2D eigenvalue weighted by atomic mass is 9.75. The largest absolute Gasteiger partial charge is 0.381 e. The topological polar surface area (TPSA) is 86.9 Å². The fourth-order valence-electron chi connectivity index (χ4n) is 7.82. The van der Waals surface area contributed by atoms with E-state index in [0.717, 1.165) is 105 Å². The number of hydrogen-bond acceptors (Lipinski definition) is 6. The van der Waals surface area contributed by atoms with E-state index in [1.807, 2.05) is 26.0 Å². The Morgan fingerprint density at radius 1 is 1.00 bits per heavy atom. The number of amides is 1. The van der Waals surface area contributed by atoms with Crippen LogP contribution in [0.2, 0.25) is 0 Å². The number of nitrogens with zero attached hydrogens (tertiary/aromatic N) is 2. The first-order chi connectivity index (χ1) is 21.7. The summed E-state index contributed by atoms with van der Waals surface area (Å²) in [4.78, 5) is 34.5. The predicted octanol–water partition coefficient (Wildman–Crippen LogP) is 5.79. The van der Waals surface area contributed by atoms with E-state index in [4.69, 9.17) is 9.47 Å². The molecule has 0 radical (unpaired) electrons. The molecule has 2 N–H and O–H groups in total. The van der Waals surface area contributed by atoms with Crippen molar-refractivity contribution in [3.63, 3.8) is 0 Å². The van der Waals surface area contributed by atoms with E-state index < -0.39 is 0 Å². The van der Waals surface area contributed by atoms with Gasteiger partial charge in [0.05, 0.1) is 0 Å². The minimum Gasteiger partial charge on any atom is -0.381 e. The van der Waals surface area contributed by atoms with Crippen molar-refractivity contribution in [2.75, 3.05) is 55.9 Å². The molecule has 2 saturated heterocycles. The number of rotatable bonds is 8. The van der Waals surface area contributed by atoms with Gasteiger partial charge in [-0.2, -0.15) is 0 Å². The molecule has 3 aliphatic rings. The maximum atomic E-state index is 14.0. The lowest BCUT2D eigenvalue weighted by molar-refractivity contribution is 0.0554. The molecule has 0 saturated carbocycles. The summed E-state index contributed by atoms with van der Waals surface area (Å²) in [5, 5.41) is 3.08. The summed E-state index contributed by atoms with van der Waals surface area (Å²) in [6.45, 7) is 16.4. The van der Waals surface area contributed by atoms with E-state index in [2.05, 4.69) is 65.1 Å². The molecule has 1 amide bonds. The smallest absolute Gasteiger partial charge is 0.253 e. The van der Waals surface area contributed by atoms with Gasteiger partial charge >= 0.3 is 0 Å². The first kappa shape index (κ1) is 31.4. The van der Waals surface area contributed by atoms with E-state index >= 15 is 0 Å². The molecule has 45 heavy (non-hydrogen) atoms. The number of anilines is 2. The van der Waals surface area contributed by atoms with Gasteiger partial charge in [0, 0.05) is 92.3 Å². The van der Waals surface area contributed by atoms with E-state index in [1.165, 1.54) is 11.3 Å². The van der Waals surface area contributed by atoms with Crippen LogP contribution in [0.25, 0.3) is 11.1 Å². The van der Waals surface area contributed by atoms with Gasteiger partial charge in [0.2, 0.25) is 0 Å². The molecule has 8 heteroatoms. The van der Waals surface area contributed by atoms with Crippen molar-refractivity contribution in [1.82, 2.24) is 10.3 Å². The third-order valence-electron chi connectivity index (χ3n) is 10.4. The Bertz CT molecular complexity index is 1620. The van der Waals surface area contributed by atoms with Crippen LogP contribution >= 0.6 is 0 Å². The second-order valence-corrected chi connectivity index (χ2v) is 13.1. The van der Waals surface area contributed by atoms with E-state index in [-0.39, 0.29) is 23.4 Å². The molecule has 2 fully saturated rings. The number of aromatic nitrogens is 1. The number of benzene rings is 2. The second kappa shape index (κ2) is 13.0. The average molecular weight is 613 g/mol. The highest BCUT2D eigenvalue weighted by Gasteiger charge is 2.43. The van der Waals surface area contributed by atoms with E-state index in [0.29, 0.717) is 17.2 Å². The van der Waals surface area contributed by atoms with Gasteiger partial charge < -0.3 is 29.6 Å². The Morgan fingerprint density at radius 3 is 2.42 bits per heavy atom. The molecule has 1 aromatic heterocycles. The van der Waals surface area contributed by atoms with Crippen LogP contribution in [0, 0.1) is 20.8 Å². The van der Waals surface area contributed by atoms with Gasteiger partial charge in [-0.25, -0.2) is 0 Å². The first-order valence-electron chi connectivity index (χ1n) is 16.7. The zero-order valence-corrected chi connectivity index (χ0v) is 27.6.